The summed E-state index contributed by atoms with van der Waals surface area (Å²) in [5, 5.41) is 3.41. The minimum atomic E-state index is 0.289. The van der Waals surface area contributed by atoms with Gasteiger partial charge in [0.05, 0.1) is 13.2 Å². The van der Waals surface area contributed by atoms with Crippen LogP contribution in [0.1, 0.15) is 25.3 Å². The van der Waals surface area contributed by atoms with Gasteiger partial charge < -0.3 is 24.3 Å². The number of ether oxygens (including phenoxy) is 4. The third-order valence-corrected chi connectivity index (χ3v) is 3.80. The van der Waals surface area contributed by atoms with Gasteiger partial charge in [0.25, 0.3) is 0 Å². The molecule has 5 nitrogen and oxygen atoms in total. The van der Waals surface area contributed by atoms with Gasteiger partial charge in [-0.2, -0.15) is 0 Å². The van der Waals surface area contributed by atoms with Crippen molar-refractivity contribution < 1.29 is 18.9 Å². The van der Waals surface area contributed by atoms with Gasteiger partial charge in [0.1, 0.15) is 5.75 Å². The summed E-state index contributed by atoms with van der Waals surface area (Å²) in [4.78, 5) is 0. The van der Waals surface area contributed by atoms with Crippen molar-refractivity contribution in [3.63, 3.8) is 0 Å². The molecule has 0 spiro atoms. The molecule has 3 rings (SSSR count). The van der Waals surface area contributed by atoms with Crippen LogP contribution in [-0.4, -0.2) is 33.2 Å². The average Bonchev–Trinajstić information content (AvgIpc) is 3.16. The summed E-state index contributed by atoms with van der Waals surface area (Å²) in [6.07, 6.45) is 2.19. The van der Waals surface area contributed by atoms with Crippen LogP contribution in [0.15, 0.2) is 12.1 Å². The molecular formula is C16H23NO4. The van der Waals surface area contributed by atoms with Crippen molar-refractivity contribution in [2.45, 2.75) is 26.3 Å². The predicted octanol–water partition coefficient (Wildman–Crippen LogP) is 2.33. The summed E-state index contributed by atoms with van der Waals surface area (Å²) in [6, 6.07) is 3.96. The van der Waals surface area contributed by atoms with Crippen LogP contribution < -0.4 is 19.5 Å². The maximum atomic E-state index is 6.02. The Morgan fingerprint density at radius 1 is 1.29 bits per heavy atom. The summed E-state index contributed by atoms with van der Waals surface area (Å²) in [5.41, 5.74) is 1.12. The molecule has 1 saturated heterocycles. The Morgan fingerprint density at radius 2 is 2.14 bits per heavy atom. The van der Waals surface area contributed by atoms with E-state index in [0.29, 0.717) is 12.5 Å². The summed E-state index contributed by atoms with van der Waals surface area (Å²) in [7, 11) is 0. The molecule has 2 aliphatic heterocycles. The Morgan fingerprint density at radius 3 is 2.90 bits per heavy atom. The predicted molar refractivity (Wildman–Crippen MR) is 79.0 cm³/mol. The first kappa shape index (κ1) is 14.5. The van der Waals surface area contributed by atoms with Crippen LogP contribution in [0.5, 0.6) is 17.2 Å². The Bertz CT molecular complexity index is 472. The molecule has 2 heterocycles. The largest absolute Gasteiger partial charge is 0.493 e. The molecule has 1 aromatic carbocycles. The van der Waals surface area contributed by atoms with Crippen LogP contribution in [0.2, 0.25) is 0 Å². The monoisotopic (exact) mass is 293 g/mol. The number of rotatable bonds is 7. The second-order valence-electron chi connectivity index (χ2n) is 5.53. The molecule has 0 aromatic heterocycles. The molecule has 116 valence electrons. The lowest BCUT2D eigenvalue weighted by Crippen LogP contribution is -2.16. The zero-order chi connectivity index (χ0) is 14.5. The normalized spacial score (nSPS) is 20.0. The van der Waals surface area contributed by atoms with Crippen molar-refractivity contribution in [2.24, 2.45) is 5.92 Å². The topological polar surface area (TPSA) is 49.0 Å². The van der Waals surface area contributed by atoms with E-state index in [1.165, 1.54) is 0 Å². The van der Waals surface area contributed by atoms with E-state index in [9.17, 15) is 0 Å². The fraction of sp³-hybridized carbons (Fsp3) is 0.625. The lowest BCUT2D eigenvalue weighted by molar-refractivity contribution is 0.166. The highest BCUT2D eigenvalue weighted by Gasteiger charge is 2.20. The molecule has 1 N–H and O–H groups in total. The first-order valence-corrected chi connectivity index (χ1v) is 7.70. The fourth-order valence-electron chi connectivity index (χ4n) is 2.56. The number of fused-ring (bicyclic) bond motifs is 1. The van der Waals surface area contributed by atoms with Crippen molar-refractivity contribution in [2.75, 3.05) is 33.2 Å². The van der Waals surface area contributed by atoms with E-state index in [-0.39, 0.29) is 6.79 Å². The van der Waals surface area contributed by atoms with Crippen LogP contribution in [0.25, 0.3) is 0 Å². The standard InChI is InChI=1S/C16H23NO4/c1-2-4-17-8-13-6-15-16(21-11-20-15)7-14(13)19-10-12-3-5-18-9-12/h6-7,12,17H,2-5,8-11H2,1H3. The summed E-state index contributed by atoms with van der Waals surface area (Å²) in [5.74, 6) is 2.95. The van der Waals surface area contributed by atoms with Gasteiger partial charge in [-0.05, 0) is 25.5 Å². The Balaban J connectivity index is 1.69. The van der Waals surface area contributed by atoms with Crippen molar-refractivity contribution in [3.8, 4) is 17.2 Å². The second-order valence-corrected chi connectivity index (χ2v) is 5.53. The highest BCUT2D eigenvalue weighted by atomic mass is 16.7. The highest BCUT2D eigenvalue weighted by molar-refractivity contribution is 5.51. The van der Waals surface area contributed by atoms with Crippen LogP contribution in [0.4, 0.5) is 0 Å². The van der Waals surface area contributed by atoms with Gasteiger partial charge in [0.15, 0.2) is 11.5 Å². The van der Waals surface area contributed by atoms with Crippen molar-refractivity contribution in [3.05, 3.63) is 17.7 Å². The minimum Gasteiger partial charge on any atom is -0.493 e. The molecule has 0 aliphatic carbocycles. The second kappa shape index (κ2) is 7.00. The van der Waals surface area contributed by atoms with E-state index in [1.807, 2.05) is 12.1 Å². The van der Waals surface area contributed by atoms with Gasteiger partial charge in [-0.1, -0.05) is 6.92 Å². The average molecular weight is 293 g/mol. The third kappa shape index (κ3) is 3.60. The van der Waals surface area contributed by atoms with Crippen LogP contribution >= 0.6 is 0 Å². The lowest BCUT2D eigenvalue weighted by Gasteiger charge is -2.15. The number of hydrogen-bond donors (Lipinski definition) is 1. The quantitative estimate of drug-likeness (QED) is 0.782. The van der Waals surface area contributed by atoms with Crippen LogP contribution in [0, 0.1) is 5.92 Å². The van der Waals surface area contributed by atoms with E-state index in [1.54, 1.807) is 0 Å². The highest BCUT2D eigenvalue weighted by Crippen LogP contribution is 2.38. The zero-order valence-corrected chi connectivity index (χ0v) is 12.5. The minimum absolute atomic E-state index is 0.289. The smallest absolute Gasteiger partial charge is 0.231 e. The van der Waals surface area contributed by atoms with Gasteiger partial charge in [0, 0.05) is 30.7 Å². The third-order valence-electron chi connectivity index (χ3n) is 3.80. The molecule has 0 radical (unpaired) electrons. The Kier molecular flexibility index (Phi) is 4.83. The first-order chi connectivity index (χ1) is 10.4. The van der Waals surface area contributed by atoms with E-state index >= 15 is 0 Å². The van der Waals surface area contributed by atoms with Crippen molar-refractivity contribution in [1.82, 2.24) is 5.32 Å². The molecule has 1 atom stereocenters. The van der Waals surface area contributed by atoms with Gasteiger partial charge in [-0.25, -0.2) is 0 Å². The SMILES string of the molecule is CCCNCc1cc2c(cc1OCC1CCOC1)OCO2. The summed E-state index contributed by atoms with van der Waals surface area (Å²) < 4.78 is 22.3. The maximum absolute atomic E-state index is 6.02. The Hall–Kier alpha value is -1.46. The molecule has 1 unspecified atom stereocenters. The lowest BCUT2D eigenvalue weighted by atomic mass is 10.1. The molecule has 0 amide bonds. The van der Waals surface area contributed by atoms with Gasteiger partial charge in [0.2, 0.25) is 6.79 Å². The van der Waals surface area contributed by atoms with E-state index in [0.717, 1.165) is 62.0 Å². The number of benzene rings is 1. The molecule has 0 saturated carbocycles. The van der Waals surface area contributed by atoms with Crippen LogP contribution in [0.3, 0.4) is 0 Å². The molecule has 5 heteroatoms. The summed E-state index contributed by atoms with van der Waals surface area (Å²) >= 11 is 0. The van der Waals surface area contributed by atoms with E-state index in [4.69, 9.17) is 18.9 Å². The van der Waals surface area contributed by atoms with Gasteiger partial charge >= 0.3 is 0 Å². The number of hydrogen-bond acceptors (Lipinski definition) is 5. The molecule has 0 bridgehead atoms. The fourth-order valence-corrected chi connectivity index (χ4v) is 2.56. The van der Waals surface area contributed by atoms with Crippen LogP contribution in [-0.2, 0) is 11.3 Å². The van der Waals surface area contributed by atoms with Gasteiger partial charge in [-0.3, -0.25) is 0 Å². The zero-order valence-electron chi connectivity index (χ0n) is 12.5. The van der Waals surface area contributed by atoms with Crippen molar-refractivity contribution >= 4 is 0 Å². The summed E-state index contributed by atoms with van der Waals surface area (Å²) in [6.45, 7) is 6.56. The molecule has 1 fully saturated rings. The number of nitrogens with one attached hydrogen (secondary N) is 1. The molecule has 1 aromatic rings. The first-order valence-electron chi connectivity index (χ1n) is 7.70. The molecule has 2 aliphatic rings. The van der Waals surface area contributed by atoms with Gasteiger partial charge in [-0.15, -0.1) is 0 Å². The molecular weight excluding hydrogens is 270 g/mol. The van der Waals surface area contributed by atoms with Crippen molar-refractivity contribution in [1.29, 1.82) is 0 Å². The van der Waals surface area contributed by atoms with E-state index in [2.05, 4.69) is 12.2 Å². The Labute approximate surface area is 125 Å². The maximum Gasteiger partial charge on any atom is 0.231 e. The van der Waals surface area contributed by atoms with E-state index < -0.39 is 0 Å². The molecule has 21 heavy (non-hydrogen) atoms.